The highest BCUT2D eigenvalue weighted by Gasteiger charge is 2.17. The molecule has 3 N–H and O–H groups in total. The molecule has 1 aromatic heterocycles. The van der Waals surface area contributed by atoms with Crippen molar-refractivity contribution in [2.75, 3.05) is 0 Å². The molecule has 0 saturated heterocycles. The number of aromatic nitrogens is 2. The average molecular weight is 283 g/mol. The zero-order valence-electron chi connectivity index (χ0n) is 10.6. The van der Waals surface area contributed by atoms with Crippen molar-refractivity contribution >= 4 is 11.6 Å². The zero-order chi connectivity index (χ0) is 13.8. The highest BCUT2D eigenvalue weighted by atomic mass is 35.5. The maximum atomic E-state index is 13.8. The van der Waals surface area contributed by atoms with Gasteiger partial charge in [-0.3, -0.25) is 16.0 Å². The van der Waals surface area contributed by atoms with Crippen LogP contribution >= 0.6 is 11.6 Å². The Morgan fingerprint density at radius 2 is 2.32 bits per heavy atom. The molecule has 0 aliphatic rings. The SMILES string of the molecule is CCn1cc(C(Cc2c(F)cccc2Cl)NN)cn1. The first-order valence-corrected chi connectivity index (χ1v) is 6.44. The molecule has 0 radical (unpaired) electrons. The van der Waals surface area contributed by atoms with E-state index in [1.54, 1.807) is 23.0 Å². The summed E-state index contributed by atoms with van der Waals surface area (Å²) in [4.78, 5) is 0. The summed E-state index contributed by atoms with van der Waals surface area (Å²) in [5.74, 6) is 5.23. The predicted molar refractivity (Wildman–Crippen MR) is 73.1 cm³/mol. The lowest BCUT2D eigenvalue weighted by atomic mass is 10.0. The van der Waals surface area contributed by atoms with Crippen molar-refractivity contribution in [1.82, 2.24) is 15.2 Å². The molecule has 1 heterocycles. The van der Waals surface area contributed by atoms with Gasteiger partial charge < -0.3 is 0 Å². The molecular formula is C13H16ClFN4. The number of nitrogens with one attached hydrogen (secondary N) is 1. The molecule has 0 spiro atoms. The van der Waals surface area contributed by atoms with Crippen LogP contribution < -0.4 is 11.3 Å². The fourth-order valence-electron chi connectivity index (χ4n) is 1.94. The van der Waals surface area contributed by atoms with Gasteiger partial charge >= 0.3 is 0 Å². The monoisotopic (exact) mass is 282 g/mol. The second kappa shape index (κ2) is 6.14. The van der Waals surface area contributed by atoms with Gasteiger partial charge in [-0.25, -0.2) is 4.39 Å². The van der Waals surface area contributed by atoms with E-state index in [2.05, 4.69) is 10.5 Å². The van der Waals surface area contributed by atoms with Gasteiger partial charge in [0.05, 0.1) is 12.2 Å². The first kappa shape index (κ1) is 14.0. The van der Waals surface area contributed by atoms with Crippen molar-refractivity contribution < 1.29 is 4.39 Å². The summed E-state index contributed by atoms with van der Waals surface area (Å²) < 4.78 is 15.6. The molecule has 0 saturated carbocycles. The molecule has 1 unspecified atom stereocenters. The minimum atomic E-state index is -0.323. The quantitative estimate of drug-likeness (QED) is 0.654. The molecule has 2 rings (SSSR count). The first-order valence-electron chi connectivity index (χ1n) is 6.07. The average Bonchev–Trinajstić information content (AvgIpc) is 2.87. The highest BCUT2D eigenvalue weighted by Crippen LogP contribution is 2.25. The van der Waals surface area contributed by atoms with E-state index in [1.807, 2.05) is 13.1 Å². The van der Waals surface area contributed by atoms with Gasteiger partial charge in [0.1, 0.15) is 5.82 Å². The number of benzene rings is 1. The van der Waals surface area contributed by atoms with Crippen LogP contribution in [0.2, 0.25) is 5.02 Å². The second-order valence-corrected chi connectivity index (χ2v) is 4.66. The summed E-state index contributed by atoms with van der Waals surface area (Å²) in [6.07, 6.45) is 3.99. The van der Waals surface area contributed by atoms with Gasteiger partial charge in [0, 0.05) is 28.9 Å². The van der Waals surface area contributed by atoms with Gasteiger partial charge in [-0.1, -0.05) is 17.7 Å². The van der Waals surface area contributed by atoms with Gasteiger partial charge in [-0.2, -0.15) is 5.10 Å². The normalized spacial score (nSPS) is 12.6. The molecule has 0 fully saturated rings. The van der Waals surface area contributed by atoms with Crippen LogP contribution in [0.5, 0.6) is 0 Å². The number of rotatable bonds is 5. The van der Waals surface area contributed by atoms with Crippen molar-refractivity contribution in [1.29, 1.82) is 0 Å². The van der Waals surface area contributed by atoms with E-state index >= 15 is 0 Å². The summed E-state index contributed by atoms with van der Waals surface area (Å²) in [5, 5.41) is 4.59. The lowest BCUT2D eigenvalue weighted by molar-refractivity contribution is 0.528. The van der Waals surface area contributed by atoms with Crippen molar-refractivity contribution in [3.63, 3.8) is 0 Å². The molecule has 0 amide bonds. The molecule has 0 aliphatic heterocycles. The van der Waals surface area contributed by atoms with Crippen LogP contribution in [0.25, 0.3) is 0 Å². The maximum Gasteiger partial charge on any atom is 0.127 e. The Balaban J connectivity index is 2.24. The van der Waals surface area contributed by atoms with Gasteiger partial charge in [0.25, 0.3) is 0 Å². The Morgan fingerprint density at radius 1 is 1.53 bits per heavy atom. The summed E-state index contributed by atoms with van der Waals surface area (Å²) >= 11 is 6.02. The van der Waals surface area contributed by atoms with Crippen molar-refractivity contribution in [2.24, 2.45) is 5.84 Å². The molecule has 1 aromatic carbocycles. The topological polar surface area (TPSA) is 55.9 Å². The standard InChI is InChI=1S/C13H16ClFN4/c1-2-19-8-9(7-17-19)13(18-16)6-10-11(14)4-3-5-12(10)15/h3-5,7-8,13,18H,2,6,16H2,1H3. The van der Waals surface area contributed by atoms with Crippen LogP contribution in [-0.4, -0.2) is 9.78 Å². The Kier molecular flexibility index (Phi) is 4.52. The van der Waals surface area contributed by atoms with Gasteiger partial charge in [0.15, 0.2) is 0 Å². The lowest BCUT2D eigenvalue weighted by Gasteiger charge is -2.15. The molecule has 6 heteroatoms. The van der Waals surface area contributed by atoms with E-state index in [9.17, 15) is 4.39 Å². The number of aryl methyl sites for hydroxylation is 1. The molecule has 0 aliphatic carbocycles. The van der Waals surface area contributed by atoms with Crippen LogP contribution in [0.1, 0.15) is 24.1 Å². The number of hydrogen-bond acceptors (Lipinski definition) is 3. The van der Waals surface area contributed by atoms with Crippen LogP contribution in [0, 0.1) is 5.82 Å². The largest absolute Gasteiger partial charge is 0.273 e. The van der Waals surface area contributed by atoms with Crippen LogP contribution in [-0.2, 0) is 13.0 Å². The second-order valence-electron chi connectivity index (χ2n) is 4.25. The number of hydrazine groups is 1. The fraction of sp³-hybridized carbons (Fsp3) is 0.308. The fourth-order valence-corrected chi connectivity index (χ4v) is 2.18. The first-order chi connectivity index (χ1) is 9.15. The third kappa shape index (κ3) is 3.12. The van der Waals surface area contributed by atoms with Crippen molar-refractivity contribution in [3.8, 4) is 0 Å². The van der Waals surface area contributed by atoms with E-state index in [0.29, 0.717) is 17.0 Å². The van der Waals surface area contributed by atoms with E-state index in [1.165, 1.54) is 6.07 Å². The van der Waals surface area contributed by atoms with Crippen LogP contribution in [0.3, 0.4) is 0 Å². The Hall–Kier alpha value is -1.43. The van der Waals surface area contributed by atoms with Crippen molar-refractivity contribution in [3.05, 3.63) is 52.6 Å². The molecule has 4 nitrogen and oxygen atoms in total. The van der Waals surface area contributed by atoms with Gasteiger partial charge in [-0.05, 0) is 25.5 Å². The Bertz CT molecular complexity index is 535. The number of hydrogen-bond donors (Lipinski definition) is 2. The van der Waals surface area contributed by atoms with E-state index in [0.717, 1.165) is 12.1 Å². The number of nitrogens with zero attached hydrogens (tertiary/aromatic N) is 2. The molecule has 0 bridgehead atoms. The Labute approximate surface area is 116 Å². The lowest BCUT2D eigenvalue weighted by Crippen LogP contribution is -2.29. The molecule has 102 valence electrons. The predicted octanol–water partition coefficient (Wildman–Crippen LogP) is 2.44. The van der Waals surface area contributed by atoms with E-state index in [-0.39, 0.29) is 11.9 Å². The number of halogens is 2. The third-order valence-corrected chi connectivity index (χ3v) is 3.40. The third-order valence-electron chi connectivity index (χ3n) is 3.05. The highest BCUT2D eigenvalue weighted by molar-refractivity contribution is 6.31. The minimum absolute atomic E-state index is 0.227. The zero-order valence-corrected chi connectivity index (χ0v) is 11.4. The Morgan fingerprint density at radius 3 is 2.89 bits per heavy atom. The molecule has 19 heavy (non-hydrogen) atoms. The molecule has 2 aromatic rings. The van der Waals surface area contributed by atoms with E-state index in [4.69, 9.17) is 17.4 Å². The summed E-state index contributed by atoms with van der Waals surface area (Å²) in [6, 6.07) is 4.42. The van der Waals surface area contributed by atoms with Gasteiger partial charge in [0.2, 0.25) is 0 Å². The summed E-state index contributed by atoms with van der Waals surface area (Å²) in [7, 11) is 0. The molecular weight excluding hydrogens is 267 g/mol. The minimum Gasteiger partial charge on any atom is -0.273 e. The molecule has 1 atom stereocenters. The van der Waals surface area contributed by atoms with Crippen molar-refractivity contribution in [2.45, 2.75) is 25.9 Å². The maximum absolute atomic E-state index is 13.8. The van der Waals surface area contributed by atoms with Crippen LogP contribution in [0.4, 0.5) is 4.39 Å². The summed E-state index contributed by atoms with van der Waals surface area (Å²) in [5.41, 5.74) is 4.04. The van der Waals surface area contributed by atoms with E-state index < -0.39 is 0 Å². The van der Waals surface area contributed by atoms with Crippen LogP contribution in [0.15, 0.2) is 30.6 Å². The smallest absolute Gasteiger partial charge is 0.127 e. The number of nitrogens with two attached hydrogens (primary N) is 1. The summed E-state index contributed by atoms with van der Waals surface area (Å²) in [6.45, 7) is 2.77. The van der Waals surface area contributed by atoms with Gasteiger partial charge in [-0.15, -0.1) is 0 Å².